The van der Waals surface area contributed by atoms with Crippen LogP contribution < -0.4 is 0 Å². The molecule has 0 aliphatic carbocycles. The topological polar surface area (TPSA) is 15.8 Å². The van der Waals surface area contributed by atoms with E-state index in [4.69, 9.17) is 4.74 Å². The largest absolute Gasteiger partial charge is 0.353 e. The summed E-state index contributed by atoms with van der Waals surface area (Å²) in [4.78, 5) is 2.42. The summed E-state index contributed by atoms with van der Waals surface area (Å²) in [6.07, 6.45) is 10.6. The molecule has 0 spiro atoms. The highest BCUT2D eigenvalue weighted by atomic mass is 16.6. The first-order chi connectivity index (χ1) is 7.83. The monoisotopic (exact) mass is 227 g/mol. The van der Waals surface area contributed by atoms with Crippen molar-refractivity contribution >= 4 is 0 Å². The summed E-state index contributed by atoms with van der Waals surface area (Å²) in [7, 11) is 0. The second-order valence-corrected chi connectivity index (χ2v) is 4.84. The first kappa shape index (κ1) is 14.0. The van der Waals surface area contributed by atoms with E-state index in [1.165, 1.54) is 44.9 Å². The lowest BCUT2D eigenvalue weighted by Crippen LogP contribution is -2.27. The highest BCUT2D eigenvalue weighted by Gasteiger charge is 2.41. The Balaban J connectivity index is 1.92. The van der Waals surface area contributed by atoms with Gasteiger partial charge in [0.1, 0.15) is 6.23 Å². The van der Waals surface area contributed by atoms with Crippen LogP contribution in [-0.4, -0.2) is 30.3 Å². The van der Waals surface area contributed by atoms with E-state index in [1.54, 1.807) is 0 Å². The quantitative estimate of drug-likeness (QED) is 0.417. The minimum absolute atomic E-state index is 0.450. The molecule has 1 heterocycles. The maximum absolute atomic E-state index is 5.71. The number of likely N-dealkylation sites (N-methyl/N-ethyl adjacent to an activating group) is 1. The summed E-state index contributed by atoms with van der Waals surface area (Å²) < 4.78 is 5.71. The van der Waals surface area contributed by atoms with Gasteiger partial charge in [-0.2, -0.15) is 0 Å². The van der Waals surface area contributed by atoms with Gasteiger partial charge in [-0.15, -0.1) is 0 Å². The van der Waals surface area contributed by atoms with Crippen LogP contribution in [0.1, 0.15) is 65.7 Å². The summed E-state index contributed by atoms with van der Waals surface area (Å²) in [5.74, 6) is 0. The van der Waals surface area contributed by atoms with Gasteiger partial charge in [-0.25, -0.2) is 0 Å². The van der Waals surface area contributed by atoms with Crippen LogP contribution in [0.2, 0.25) is 0 Å². The maximum atomic E-state index is 5.71. The Kier molecular flexibility index (Phi) is 7.06. The van der Waals surface area contributed by atoms with E-state index in [-0.39, 0.29) is 0 Å². The molecule has 0 amide bonds. The van der Waals surface area contributed by atoms with Crippen molar-refractivity contribution in [1.82, 2.24) is 4.90 Å². The van der Waals surface area contributed by atoms with Gasteiger partial charge in [-0.05, 0) is 19.5 Å². The molecule has 2 atom stereocenters. The number of rotatable bonds is 10. The third-order valence-corrected chi connectivity index (χ3v) is 3.57. The second kappa shape index (κ2) is 8.08. The Morgan fingerprint density at radius 2 is 1.50 bits per heavy atom. The molecule has 1 rings (SSSR count). The third-order valence-electron chi connectivity index (χ3n) is 3.57. The lowest BCUT2D eigenvalue weighted by atomic mass is 10.1. The molecule has 2 nitrogen and oxygen atoms in total. The van der Waals surface area contributed by atoms with Crippen molar-refractivity contribution in [2.24, 2.45) is 0 Å². The minimum atomic E-state index is 0.450. The molecule has 0 aromatic heterocycles. The Hall–Kier alpha value is -0.0800. The van der Waals surface area contributed by atoms with Crippen LogP contribution in [0.3, 0.4) is 0 Å². The van der Waals surface area contributed by atoms with Crippen molar-refractivity contribution in [3.63, 3.8) is 0 Å². The van der Waals surface area contributed by atoms with Gasteiger partial charge < -0.3 is 4.74 Å². The smallest absolute Gasteiger partial charge is 0.137 e. The fourth-order valence-corrected chi connectivity index (χ4v) is 2.37. The van der Waals surface area contributed by atoms with E-state index in [9.17, 15) is 0 Å². The number of ether oxygens (including phenoxy) is 1. The van der Waals surface area contributed by atoms with Crippen molar-refractivity contribution in [2.45, 2.75) is 78.0 Å². The van der Waals surface area contributed by atoms with Gasteiger partial charge in [0.25, 0.3) is 0 Å². The molecule has 0 aromatic rings. The average molecular weight is 227 g/mol. The lowest BCUT2D eigenvalue weighted by molar-refractivity contribution is 0.191. The van der Waals surface area contributed by atoms with E-state index in [0.29, 0.717) is 12.3 Å². The van der Waals surface area contributed by atoms with Crippen molar-refractivity contribution in [3.8, 4) is 0 Å². The van der Waals surface area contributed by atoms with Gasteiger partial charge in [0.2, 0.25) is 0 Å². The summed E-state index contributed by atoms with van der Waals surface area (Å²) in [6, 6.07) is 0. The molecule has 1 aliphatic rings. The van der Waals surface area contributed by atoms with Crippen LogP contribution in [0.4, 0.5) is 0 Å². The first-order valence-corrected chi connectivity index (χ1v) is 7.22. The molecule has 2 heteroatoms. The van der Waals surface area contributed by atoms with E-state index in [0.717, 1.165) is 13.1 Å². The Morgan fingerprint density at radius 3 is 2.12 bits per heavy atom. The van der Waals surface area contributed by atoms with E-state index in [2.05, 4.69) is 25.7 Å². The summed E-state index contributed by atoms with van der Waals surface area (Å²) in [5.41, 5.74) is 0. The van der Waals surface area contributed by atoms with Gasteiger partial charge in [-0.3, -0.25) is 4.90 Å². The van der Waals surface area contributed by atoms with E-state index >= 15 is 0 Å². The SMILES string of the molecule is CCCCCCCCC1OC1N(CC)CC. The molecule has 0 aromatic carbocycles. The molecule has 0 N–H and O–H groups in total. The minimum Gasteiger partial charge on any atom is -0.353 e. The zero-order valence-electron chi connectivity index (χ0n) is 11.4. The Morgan fingerprint density at radius 1 is 0.875 bits per heavy atom. The number of hydrogen-bond acceptors (Lipinski definition) is 2. The summed E-state index contributed by atoms with van der Waals surface area (Å²) >= 11 is 0. The van der Waals surface area contributed by atoms with Gasteiger partial charge in [0.15, 0.2) is 0 Å². The van der Waals surface area contributed by atoms with Crippen LogP contribution in [0, 0.1) is 0 Å². The van der Waals surface area contributed by atoms with E-state index in [1.807, 2.05) is 0 Å². The molecule has 1 fully saturated rings. The molecule has 96 valence electrons. The van der Waals surface area contributed by atoms with Crippen molar-refractivity contribution in [2.75, 3.05) is 13.1 Å². The fraction of sp³-hybridized carbons (Fsp3) is 1.00. The van der Waals surface area contributed by atoms with Crippen LogP contribution in [0.25, 0.3) is 0 Å². The van der Waals surface area contributed by atoms with Crippen molar-refractivity contribution in [1.29, 1.82) is 0 Å². The Bertz CT molecular complexity index is 168. The number of unbranched alkanes of at least 4 members (excludes halogenated alkanes) is 5. The molecule has 1 saturated heterocycles. The van der Waals surface area contributed by atoms with Crippen LogP contribution in [0.15, 0.2) is 0 Å². The van der Waals surface area contributed by atoms with Gasteiger partial charge >= 0.3 is 0 Å². The zero-order chi connectivity index (χ0) is 11.8. The second-order valence-electron chi connectivity index (χ2n) is 4.84. The van der Waals surface area contributed by atoms with Crippen molar-refractivity contribution in [3.05, 3.63) is 0 Å². The van der Waals surface area contributed by atoms with Gasteiger partial charge in [0, 0.05) is 0 Å². The molecule has 0 bridgehead atoms. The zero-order valence-corrected chi connectivity index (χ0v) is 11.4. The van der Waals surface area contributed by atoms with Crippen LogP contribution in [-0.2, 0) is 4.74 Å². The van der Waals surface area contributed by atoms with E-state index < -0.39 is 0 Å². The summed E-state index contributed by atoms with van der Waals surface area (Å²) in [5, 5.41) is 0. The normalized spacial score (nSPS) is 24.0. The predicted molar refractivity (Wildman–Crippen MR) is 69.6 cm³/mol. The molecular formula is C14H29NO. The van der Waals surface area contributed by atoms with Crippen molar-refractivity contribution < 1.29 is 4.74 Å². The third kappa shape index (κ3) is 4.84. The molecule has 16 heavy (non-hydrogen) atoms. The van der Waals surface area contributed by atoms with Gasteiger partial charge in [-0.1, -0.05) is 59.3 Å². The highest BCUT2D eigenvalue weighted by Crippen LogP contribution is 2.30. The van der Waals surface area contributed by atoms with Crippen LogP contribution >= 0.6 is 0 Å². The molecule has 0 radical (unpaired) electrons. The number of hydrogen-bond donors (Lipinski definition) is 0. The fourth-order valence-electron chi connectivity index (χ4n) is 2.37. The lowest BCUT2D eigenvalue weighted by Gasteiger charge is -2.14. The Labute approximate surface area is 101 Å². The molecular weight excluding hydrogens is 198 g/mol. The maximum Gasteiger partial charge on any atom is 0.137 e. The molecule has 1 aliphatic heterocycles. The van der Waals surface area contributed by atoms with Crippen LogP contribution in [0.5, 0.6) is 0 Å². The van der Waals surface area contributed by atoms with Gasteiger partial charge in [0.05, 0.1) is 6.10 Å². The molecule has 0 saturated carbocycles. The molecule has 2 unspecified atom stereocenters. The standard InChI is InChI=1S/C14H29NO/c1-4-7-8-9-10-11-12-13-14(16-13)15(5-2)6-3/h13-14H,4-12H2,1-3H3. The summed E-state index contributed by atoms with van der Waals surface area (Å²) in [6.45, 7) is 8.94. The number of nitrogens with zero attached hydrogens (tertiary/aromatic N) is 1. The highest BCUT2D eigenvalue weighted by molar-refractivity contribution is 4.84. The predicted octanol–water partition coefficient (Wildman–Crippen LogP) is 3.80. The first-order valence-electron chi connectivity index (χ1n) is 7.22. The number of epoxide rings is 1. The average Bonchev–Trinajstić information content (AvgIpc) is 3.05.